The number of carboxylic acid groups (broad SMARTS) is 1. The maximum Gasteiger partial charge on any atom is 0.335 e. The monoisotopic (exact) mass is 519 g/mol. The van der Waals surface area contributed by atoms with Gasteiger partial charge in [0.2, 0.25) is 0 Å². The van der Waals surface area contributed by atoms with Crippen molar-refractivity contribution in [2.24, 2.45) is 0 Å². The summed E-state index contributed by atoms with van der Waals surface area (Å²) in [7, 11) is 1.56. The van der Waals surface area contributed by atoms with Crippen LogP contribution in [0.25, 0.3) is 22.3 Å². The molecule has 0 aliphatic carbocycles. The summed E-state index contributed by atoms with van der Waals surface area (Å²) < 4.78 is 5.36. The summed E-state index contributed by atoms with van der Waals surface area (Å²) in [6.07, 6.45) is 0. The molecular formula is C29H23Cl2NO4. The number of nitrogens with one attached hydrogen (secondary N) is 1. The highest BCUT2D eigenvalue weighted by Crippen LogP contribution is 2.30. The van der Waals surface area contributed by atoms with Crippen LogP contribution in [0.1, 0.15) is 31.8 Å². The fraction of sp³-hybridized carbons (Fsp3) is 0.103. The molecule has 0 bridgehead atoms. The normalized spacial score (nSPS) is 10.7. The van der Waals surface area contributed by atoms with Gasteiger partial charge in [0.05, 0.1) is 23.3 Å². The Morgan fingerprint density at radius 3 is 2.19 bits per heavy atom. The molecule has 1 amide bonds. The molecule has 4 aromatic rings. The zero-order chi connectivity index (χ0) is 25.8. The molecule has 0 saturated carbocycles. The molecule has 36 heavy (non-hydrogen) atoms. The van der Waals surface area contributed by atoms with Gasteiger partial charge in [-0.15, -0.1) is 0 Å². The Balaban J connectivity index is 1.59. The highest BCUT2D eigenvalue weighted by Gasteiger charge is 2.15. The van der Waals surface area contributed by atoms with Crippen LogP contribution in [0.5, 0.6) is 5.75 Å². The molecule has 0 aliphatic rings. The van der Waals surface area contributed by atoms with Crippen LogP contribution < -0.4 is 10.1 Å². The Bertz CT molecular complexity index is 1450. The summed E-state index contributed by atoms with van der Waals surface area (Å²) in [6, 6.07) is 23.4. The number of benzene rings is 4. The Labute approximate surface area is 219 Å². The van der Waals surface area contributed by atoms with Crippen molar-refractivity contribution in [1.82, 2.24) is 5.32 Å². The lowest BCUT2D eigenvalue weighted by molar-refractivity contribution is 0.0696. The van der Waals surface area contributed by atoms with Gasteiger partial charge in [-0.2, -0.15) is 0 Å². The van der Waals surface area contributed by atoms with E-state index in [9.17, 15) is 14.7 Å². The molecule has 0 radical (unpaired) electrons. The van der Waals surface area contributed by atoms with Crippen molar-refractivity contribution in [3.8, 4) is 28.0 Å². The molecule has 0 heterocycles. The third-order valence-electron chi connectivity index (χ3n) is 5.92. The predicted molar refractivity (Wildman–Crippen MR) is 143 cm³/mol. The molecule has 7 heteroatoms. The average Bonchev–Trinajstić information content (AvgIpc) is 2.87. The molecule has 0 saturated heterocycles. The highest BCUT2D eigenvalue weighted by atomic mass is 35.5. The fourth-order valence-electron chi connectivity index (χ4n) is 3.94. The molecule has 0 spiro atoms. The van der Waals surface area contributed by atoms with Crippen molar-refractivity contribution in [2.45, 2.75) is 13.5 Å². The SMILES string of the molecule is COc1ccc(-c2ccc(C)c(C(=O)O)c2)c(CNC(=O)c2ccc(-c3ccc(Cl)cc3)cc2Cl)c1. The van der Waals surface area contributed by atoms with Crippen molar-refractivity contribution in [2.75, 3.05) is 7.11 Å². The summed E-state index contributed by atoms with van der Waals surface area (Å²) >= 11 is 12.4. The van der Waals surface area contributed by atoms with E-state index in [-0.39, 0.29) is 18.0 Å². The fourth-order valence-corrected chi connectivity index (χ4v) is 4.33. The molecule has 0 unspecified atom stereocenters. The number of carboxylic acids is 1. The Hall–Kier alpha value is -3.80. The molecule has 0 fully saturated rings. The maximum atomic E-state index is 13.0. The number of methoxy groups -OCH3 is 1. The van der Waals surface area contributed by atoms with Crippen molar-refractivity contribution in [3.63, 3.8) is 0 Å². The number of amides is 1. The highest BCUT2D eigenvalue weighted by molar-refractivity contribution is 6.34. The van der Waals surface area contributed by atoms with Crippen LogP contribution in [0, 0.1) is 6.92 Å². The predicted octanol–water partition coefficient (Wildman–Crippen LogP) is 7.27. The average molecular weight is 520 g/mol. The zero-order valence-electron chi connectivity index (χ0n) is 19.6. The lowest BCUT2D eigenvalue weighted by Gasteiger charge is -2.15. The van der Waals surface area contributed by atoms with E-state index >= 15 is 0 Å². The second-order valence-electron chi connectivity index (χ2n) is 8.24. The number of ether oxygens (including phenoxy) is 1. The van der Waals surface area contributed by atoms with E-state index in [2.05, 4.69) is 5.32 Å². The first-order valence-corrected chi connectivity index (χ1v) is 11.9. The summed E-state index contributed by atoms with van der Waals surface area (Å²) in [5, 5.41) is 13.4. The van der Waals surface area contributed by atoms with Gasteiger partial charge < -0.3 is 15.2 Å². The van der Waals surface area contributed by atoms with Gasteiger partial charge in [-0.1, -0.05) is 59.6 Å². The molecule has 2 N–H and O–H groups in total. The van der Waals surface area contributed by atoms with Crippen molar-refractivity contribution >= 4 is 35.1 Å². The molecular weight excluding hydrogens is 497 g/mol. The van der Waals surface area contributed by atoms with Crippen LogP contribution >= 0.6 is 23.2 Å². The van der Waals surface area contributed by atoms with Gasteiger partial charge in [0.1, 0.15) is 5.75 Å². The van der Waals surface area contributed by atoms with E-state index in [1.54, 1.807) is 56.5 Å². The number of aryl methyl sites for hydroxylation is 1. The van der Waals surface area contributed by atoms with Gasteiger partial charge in [0.15, 0.2) is 0 Å². The number of rotatable bonds is 7. The minimum Gasteiger partial charge on any atom is -0.497 e. The quantitative estimate of drug-likeness (QED) is 0.269. The van der Waals surface area contributed by atoms with E-state index in [0.29, 0.717) is 26.9 Å². The minimum atomic E-state index is -0.991. The number of hydrogen-bond acceptors (Lipinski definition) is 3. The second kappa shape index (κ2) is 10.9. The Morgan fingerprint density at radius 1 is 0.833 bits per heavy atom. The lowest BCUT2D eigenvalue weighted by atomic mass is 9.95. The molecule has 4 aromatic carbocycles. The minimum absolute atomic E-state index is 0.191. The number of carbonyl (C=O) groups excluding carboxylic acids is 1. The van der Waals surface area contributed by atoms with Gasteiger partial charge in [0, 0.05) is 11.6 Å². The number of aromatic carboxylic acids is 1. The maximum absolute atomic E-state index is 13.0. The summed E-state index contributed by atoms with van der Waals surface area (Å²) in [6.45, 7) is 1.95. The Kier molecular flexibility index (Phi) is 7.63. The zero-order valence-corrected chi connectivity index (χ0v) is 21.2. The first-order valence-electron chi connectivity index (χ1n) is 11.1. The van der Waals surface area contributed by atoms with Gasteiger partial charge >= 0.3 is 5.97 Å². The molecule has 182 valence electrons. The smallest absolute Gasteiger partial charge is 0.335 e. The molecule has 0 aromatic heterocycles. The van der Waals surface area contributed by atoms with E-state index < -0.39 is 5.97 Å². The van der Waals surface area contributed by atoms with E-state index in [1.807, 2.05) is 36.4 Å². The molecule has 0 atom stereocenters. The van der Waals surface area contributed by atoms with Crippen LogP contribution in [0.15, 0.2) is 78.9 Å². The number of hydrogen-bond donors (Lipinski definition) is 2. The molecule has 0 aliphatic heterocycles. The van der Waals surface area contributed by atoms with Gasteiger partial charge in [-0.3, -0.25) is 4.79 Å². The molecule has 5 nitrogen and oxygen atoms in total. The summed E-state index contributed by atoms with van der Waals surface area (Å²) in [5.41, 5.74) is 5.36. The third kappa shape index (κ3) is 5.54. The number of halogens is 2. The lowest BCUT2D eigenvalue weighted by Crippen LogP contribution is -2.23. The van der Waals surface area contributed by atoms with E-state index in [1.165, 1.54) is 0 Å². The second-order valence-corrected chi connectivity index (χ2v) is 9.09. The summed E-state index contributed by atoms with van der Waals surface area (Å²) in [4.78, 5) is 24.6. The first-order chi connectivity index (χ1) is 17.3. The van der Waals surface area contributed by atoms with E-state index in [4.69, 9.17) is 27.9 Å². The van der Waals surface area contributed by atoms with Crippen molar-refractivity contribution in [3.05, 3.63) is 111 Å². The van der Waals surface area contributed by atoms with Crippen LogP contribution in [-0.2, 0) is 6.54 Å². The number of carbonyl (C=O) groups is 2. The first kappa shape index (κ1) is 25.3. The van der Waals surface area contributed by atoms with Gasteiger partial charge in [-0.05, 0) is 82.8 Å². The summed E-state index contributed by atoms with van der Waals surface area (Å²) in [5.74, 6) is -0.695. The van der Waals surface area contributed by atoms with E-state index in [0.717, 1.165) is 27.8 Å². The molecule has 4 rings (SSSR count). The van der Waals surface area contributed by atoms with Crippen LogP contribution in [0.4, 0.5) is 0 Å². The standard InChI is InChI=1S/C29H23Cl2NO4/c1-17-3-4-20(14-26(17)29(34)35)24-12-10-23(36-2)13-21(24)16-32-28(33)25-11-7-19(15-27(25)31)18-5-8-22(30)9-6-18/h3-15H,16H2,1-2H3,(H,32,33)(H,34,35). The van der Waals surface area contributed by atoms with Crippen molar-refractivity contribution < 1.29 is 19.4 Å². The largest absolute Gasteiger partial charge is 0.497 e. The van der Waals surface area contributed by atoms with Crippen molar-refractivity contribution in [1.29, 1.82) is 0 Å². The van der Waals surface area contributed by atoms with Crippen LogP contribution in [0.3, 0.4) is 0 Å². The third-order valence-corrected chi connectivity index (χ3v) is 6.49. The van der Waals surface area contributed by atoms with Crippen LogP contribution in [-0.4, -0.2) is 24.1 Å². The topological polar surface area (TPSA) is 75.6 Å². The van der Waals surface area contributed by atoms with Gasteiger partial charge in [0.25, 0.3) is 5.91 Å². The van der Waals surface area contributed by atoms with Gasteiger partial charge in [-0.25, -0.2) is 4.79 Å². The van der Waals surface area contributed by atoms with Crippen LogP contribution in [0.2, 0.25) is 10.0 Å². The Morgan fingerprint density at radius 2 is 1.53 bits per heavy atom.